The Balaban J connectivity index is 1.71. The minimum Gasteiger partial charge on any atom is -0.387 e. The summed E-state index contributed by atoms with van der Waals surface area (Å²) in [5, 5.41) is 13.7. The van der Waals surface area contributed by atoms with Crippen molar-refractivity contribution in [3.8, 4) is 0 Å². The van der Waals surface area contributed by atoms with Crippen LogP contribution in [0.15, 0.2) is 24.3 Å². The van der Waals surface area contributed by atoms with E-state index in [1.165, 1.54) is 12.1 Å². The lowest BCUT2D eigenvalue weighted by molar-refractivity contribution is -0.00999. The predicted octanol–water partition coefficient (Wildman–Crippen LogP) is 2.22. The third-order valence-corrected chi connectivity index (χ3v) is 4.96. The maximum atomic E-state index is 13.1. The molecule has 6 heteroatoms. The highest BCUT2D eigenvalue weighted by Crippen LogP contribution is 2.39. The minimum atomic E-state index is -0.737. The van der Waals surface area contributed by atoms with Gasteiger partial charge in [0.1, 0.15) is 5.82 Å². The lowest BCUT2D eigenvalue weighted by Crippen LogP contribution is -2.60. The molecule has 4 rings (SSSR count). The largest absolute Gasteiger partial charge is 0.387 e. The van der Waals surface area contributed by atoms with Crippen molar-refractivity contribution in [3.05, 3.63) is 57.9 Å². The zero-order chi connectivity index (χ0) is 16.0. The first-order valence-electron chi connectivity index (χ1n) is 7.78. The third kappa shape index (κ3) is 2.73. The van der Waals surface area contributed by atoms with Gasteiger partial charge in [0, 0.05) is 25.4 Å². The van der Waals surface area contributed by atoms with E-state index in [4.69, 9.17) is 11.6 Å². The highest BCUT2D eigenvalue weighted by molar-refractivity contribution is 6.28. The Bertz CT molecular complexity index is 746. The Morgan fingerprint density at radius 2 is 2.00 bits per heavy atom. The standard InChI is InChI=1S/C17H17ClFN3O/c18-16-21-14(7-17(23)8-20-9-17)13-6-5-12(15(13)22-16)10-1-3-11(19)4-2-10/h1-4,12,20,23H,5-9H2. The fourth-order valence-corrected chi connectivity index (χ4v) is 3.71. The van der Waals surface area contributed by atoms with E-state index in [0.717, 1.165) is 35.4 Å². The Morgan fingerprint density at radius 3 is 2.65 bits per heavy atom. The van der Waals surface area contributed by atoms with Crippen molar-refractivity contribution in [1.29, 1.82) is 0 Å². The summed E-state index contributed by atoms with van der Waals surface area (Å²) in [6, 6.07) is 6.54. The number of nitrogens with one attached hydrogen (secondary N) is 1. The first kappa shape index (κ1) is 15.0. The highest BCUT2D eigenvalue weighted by atomic mass is 35.5. The van der Waals surface area contributed by atoms with Crippen LogP contribution in [0.1, 0.15) is 34.9 Å². The molecule has 1 aromatic carbocycles. The van der Waals surface area contributed by atoms with E-state index in [1.54, 1.807) is 12.1 Å². The van der Waals surface area contributed by atoms with Gasteiger partial charge in [-0.2, -0.15) is 0 Å². The summed E-state index contributed by atoms with van der Waals surface area (Å²) < 4.78 is 13.1. The minimum absolute atomic E-state index is 0.110. The molecule has 1 fully saturated rings. The summed E-state index contributed by atoms with van der Waals surface area (Å²) in [6.07, 6.45) is 2.24. The molecule has 1 aliphatic heterocycles. The van der Waals surface area contributed by atoms with Crippen LogP contribution in [-0.2, 0) is 12.8 Å². The van der Waals surface area contributed by atoms with Crippen molar-refractivity contribution in [2.75, 3.05) is 13.1 Å². The van der Waals surface area contributed by atoms with E-state index in [9.17, 15) is 9.50 Å². The average Bonchev–Trinajstić information content (AvgIpc) is 2.90. The average molecular weight is 334 g/mol. The van der Waals surface area contributed by atoms with E-state index in [1.807, 2.05) is 0 Å². The molecule has 2 heterocycles. The summed E-state index contributed by atoms with van der Waals surface area (Å²) in [5.74, 6) is -0.132. The predicted molar refractivity (Wildman–Crippen MR) is 85.1 cm³/mol. The monoisotopic (exact) mass is 333 g/mol. The molecule has 120 valence electrons. The summed E-state index contributed by atoms with van der Waals surface area (Å²) in [5.41, 5.74) is 3.15. The van der Waals surface area contributed by atoms with Crippen LogP contribution in [0.4, 0.5) is 4.39 Å². The van der Waals surface area contributed by atoms with Gasteiger partial charge in [-0.05, 0) is 47.7 Å². The maximum absolute atomic E-state index is 13.1. The molecular formula is C17H17ClFN3O. The second-order valence-electron chi connectivity index (χ2n) is 6.45. The van der Waals surface area contributed by atoms with Gasteiger partial charge in [-0.3, -0.25) is 0 Å². The van der Waals surface area contributed by atoms with Crippen molar-refractivity contribution in [1.82, 2.24) is 15.3 Å². The third-order valence-electron chi connectivity index (χ3n) is 4.79. The van der Waals surface area contributed by atoms with Crippen LogP contribution in [0.5, 0.6) is 0 Å². The molecular weight excluding hydrogens is 317 g/mol. The Morgan fingerprint density at radius 1 is 1.26 bits per heavy atom. The number of hydrogen-bond donors (Lipinski definition) is 2. The molecule has 0 bridgehead atoms. The maximum Gasteiger partial charge on any atom is 0.222 e. The zero-order valence-electron chi connectivity index (χ0n) is 12.5. The van der Waals surface area contributed by atoms with Crippen LogP contribution in [0, 0.1) is 5.82 Å². The fourth-order valence-electron chi connectivity index (χ4n) is 3.52. The molecule has 2 aliphatic rings. The molecule has 0 amide bonds. The van der Waals surface area contributed by atoms with Crippen molar-refractivity contribution in [2.24, 2.45) is 0 Å². The summed E-state index contributed by atoms with van der Waals surface area (Å²) in [7, 11) is 0. The molecule has 1 unspecified atom stereocenters. The van der Waals surface area contributed by atoms with Crippen LogP contribution in [-0.4, -0.2) is 33.8 Å². The van der Waals surface area contributed by atoms with Gasteiger partial charge in [-0.1, -0.05) is 12.1 Å². The first-order chi connectivity index (χ1) is 11.0. The van der Waals surface area contributed by atoms with E-state index in [-0.39, 0.29) is 17.0 Å². The second kappa shape index (κ2) is 5.51. The number of hydrogen-bond acceptors (Lipinski definition) is 4. The molecule has 0 radical (unpaired) electrons. The lowest BCUT2D eigenvalue weighted by atomic mass is 9.89. The van der Waals surface area contributed by atoms with Crippen LogP contribution in [0.25, 0.3) is 0 Å². The summed E-state index contributed by atoms with van der Waals surface area (Å²) in [6.45, 7) is 1.15. The number of aromatic nitrogens is 2. The Kier molecular flexibility index (Phi) is 3.59. The number of benzene rings is 1. The van der Waals surface area contributed by atoms with Crippen molar-refractivity contribution < 1.29 is 9.50 Å². The van der Waals surface area contributed by atoms with E-state index >= 15 is 0 Å². The molecule has 4 nitrogen and oxygen atoms in total. The van der Waals surface area contributed by atoms with Gasteiger partial charge in [-0.25, -0.2) is 14.4 Å². The number of β-amino-alcohol motifs (C(OH)–C–C–N with tert-alkyl or cyclic N) is 1. The van der Waals surface area contributed by atoms with Crippen LogP contribution >= 0.6 is 11.6 Å². The van der Waals surface area contributed by atoms with Gasteiger partial charge < -0.3 is 10.4 Å². The Hall–Kier alpha value is -1.56. The quantitative estimate of drug-likeness (QED) is 0.846. The van der Waals surface area contributed by atoms with Gasteiger partial charge in [0.2, 0.25) is 5.28 Å². The normalized spacial score (nSPS) is 21.8. The molecule has 1 saturated heterocycles. The molecule has 1 aromatic heterocycles. The zero-order valence-corrected chi connectivity index (χ0v) is 13.3. The molecule has 2 N–H and O–H groups in total. The SMILES string of the molecule is OC1(Cc2nc(Cl)nc3c2CCC3c2ccc(F)cc2)CNC1. The van der Waals surface area contributed by atoms with E-state index < -0.39 is 5.60 Å². The number of aliphatic hydroxyl groups is 1. The second-order valence-corrected chi connectivity index (χ2v) is 6.79. The molecule has 0 spiro atoms. The molecule has 23 heavy (non-hydrogen) atoms. The number of halogens is 2. The molecule has 1 atom stereocenters. The van der Waals surface area contributed by atoms with E-state index in [0.29, 0.717) is 19.5 Å². The van der Waals surface area contributed by atoms with Gasteiger partial charge in [0.25, 0.3) is 0 Å². The van der Waals surface area contributed by atoms with Gasteiger partial charge >= 0.3 is 0 Å². The topological polar surface area (TPSA) is 58.0 Å². The summed E-state index contributed by atoms with van der Waals surface area (Å²) in [4.78, 5) is 8.79. The molecule has 1 aliphatic carbocycles. The number of rotatable bonds is 3. The highest BCUT2D eigenvalue weighted by Gasteiger charge is 2.37. The molecule has 0 saturated carbocycles. The van der Waals surface area contributed by atoms with Gasteiger partial charge in [0.05, 0.1) is 17.0 Å². The van der Waals surface area contributed by atoms with Gasteiger partial charge in [-0.15, -0.1) is 0 Å². The van der Waals surface area contributed by atoms with Crippen molar-refractivity contribution in [2.45, 2.75) is 30.8 Å². The Labute approximate surface area is 138 Å². The lowest BCUT2D eigenvalue weighted by Gasteiger charge is -2.37. The number of nitrogens with zero attached hydrogens (tertiary/aromatic N) is 2. The van der Waals surface area contributed by atoms with Crippen molar-refractivity contribution >= 4 is 11.6 Å². The van der Waals surface area contributed by atoms with Crippen LogP contribution in [0.2, 0.25) is 5.28 Å². The van der Waals surface area contributed by atoms with Crippen LogP contribution < -0.4 is 5.32 Å². The summed E-state index contributed by atoms with van der Waals surface area (Å²) >= 11 is 6.12. The number of fused-ring (bicyclic) bond motifs is 1. The fraction of sp³-hybridized carbons (Fsp3) is 0.412. The van der Waals surface area contributed by atoms with Crippen LogP contribution in [0.3, 0.4) is 0 Å². The first-order valence-corrected chi connectivity index (χ1v) is 8.16. The van der Waals surface area contributed by atoms with Crippen molar-refractivity contribution in [3.63, 3.8) is 0 Å². The smallest absolute Gasteiger partial charge is 0.222 e. The molecule has 2 aromatic rings. The van der Waals surface area contributed by atoms with E-state index in [2.05, 4.69) is 15.3 Å². The van der Waals surface area contributed by atoms with Gasteiger partial charge in [0.15, 0.2) is 0 Å².